The fourth-order valence-electron chi connectivity index (χ4n) is 4.04. The highest BCUT2D eigenvalue weighted by Gasteiger charge is 2.31. The number of hydrogen-bond donors (Lipinski definition) is 0. The lowest BCUT2D eigenvalue weighted by Crippen LogP contribution is -2.46. The van der Waals surface area contributed by atoms with Crippen LogP contribution in [0.3, 0.4) is 0 Å². The van der Waals surface area contributed by atoms with E-state index in [0.717, 1.165) is 23.0 Å². The third kappa shape index (κ3) is 6.84. The Morgan fingerprint density at radius 3 is 1.24 bits per heavy atom. The molecule has 0 aromatic heterocycles. The van der Waals surface area contributed by atoms with Gasteiger partial charge in [-0.05, 0) is 47.7 Å². The summed E-state index contributed by atoms with van der Waals surface area (Å²) in [5.74, 6) is 3.71. The van der Waals surface area contributed by atoms with Crippen molar-refractivity contribution in [2.24, 2.45) is 0 Å². The summed E-state index contributed by atoms with van der Waals surface area (Å²) in [6.07, 6.45) is 0. The van der Waals surface area contributed by atoms with Crippen molar-refractivity contribution in [3.05, 3.63) is 115 Å². The van der Waals surface area contributed by atoms with Gasteiger partial charge >= 0.3 is 0 Å². The number of rotatable bonds is 8. The molecule has 0 radical (unpaired) electrons. The summed E-state index contributed by atoms with van der Waals surface area (Å²) in [5, 5.41) is 1.47. The van der Waals surface area contributed by atoms with Gasteiger partial charge in [0.15, 0.2) is 0 Å². The molecule has 0 saturated heterocycles. The van der Waals surface area contributed by atoms with Crippen molar-refractivity contribution in [1.29, 1.82) is 0 Å². The molecule has 0 aliphatic rings. The van der Waals surface area contributed by atoms with E-state index in [2.05, 4.69) is 45.0 Å². The first-order valence-electron chi connectivity index (χ1n) is 11.8. The monoisotopic (exact) mass is 454 g/mol. The predicted molar refractivity (Wildman–Crippen MR) is 143 cm³/mol. The van der Waals surface area contributed by atoms with Gasteiger partial charge in [0.1, 0.15) is 23.0 Å². The molecule has 33 heavy (non-hydrogen) atoms. The molecular weight excluding hydrogens is 420 g/mol. The lowest BCUT2D eigenvalue weighted by Gasteiger charge is -2.30. The molecule has 0 heterocycles. The molecule has 170 valence electrons. The second-order valence-corrected chi connectivity index (χ2v) is 13.2. The maximum Gasteiger partial charge on any atom is 0.127 e. The maximum atomic E-state index is 6.16. The summed E-state index contributed by atoms with van der Waals surface area (Å²) in [5.41, 5.74) is 0. The van der Waals surface area contributed by atoms with E-state index in [-0.39, 0.29) is 0 Å². The van der Waals surface area contributed by atoms with Crippen LogP contribution in [0.25, 0.3) is 0 Å². The van der Waals surface area contributed by atoms with E-state index in [1.807, 2.05) is 91.0 Å². The van der Waals surface area contributed by atoms with Gasteiger partial charge in [0.25, 0.3) is 0 Å². The summed E-state index contributed by atoms with van der Waals surface area (Å²) in [7, 11) is -1.42. The lowest BCUT2D eigenvalue weighted by atomic mass is 10.3. The molecule has 4 aromatic carbocycles. The van der Waals surface area contributed by atoms with Crippen LogP contribution in [0.15, 0.2) is 115 Å². The van der Waals surface area contributed by atoms with E-state index in [1.54, 1.807) is 0 Å². The molecular formula is C30H34O2Si. The van der Waals surface area contributed by atoms with Crippen molar-refractivity contribution in [1.82, 2.24) is 0 Å². The van der Waals surface area contributed by atoms with E-state index >= 15 is 0 Å². The normalized spacial score (nSPS) is 10.6. The fourth-order valence-corrected chi connectivity index (χ4v) is 7.79. The van der Waals surface area contributed by atoms with E-state index in [0.29, 0.717) is 0 Å². The second kappa shape index (κ2) is 12.7. The van der Waals surface area contributed by atoms with Gasteiger partial charge in [0.05, 0.1) is 8.07 Å². The first-order valence-corrected chi connectivity index (χ1v) is 14.4. The Kier molecular flexibility index (Phi) is 9.34. The molecule has 0 saturated carbocycles. The third-order valence-electron chi connectivity index (χ3n) is 6.18. The number of para-hydroxylation sites is 4. The SMILES string of the molecule is CC[Si](CC)(CC)c1ccccc1Oc1ccccc1.c1ccc(Oc2ccccc2)cc1. The van der Waals surface area contributed by atoms with Crippen molar-refractivity contribution < 1.29 is 9.47 Å². The van der Waals surface area contributed by atoms with Crippen LogP contribution >= 0.6 is 0 Å². The Morgan fingerprint density at radius 2 is 0.818 bits per heavy atom. The maximum absolute atomic E-state index is 6.16. The van der Waals surface area contributed by atoms with Crippen molar-refractivity contribution in [3.63, 3.8) is 0 Å². The predicted octanol–water partition coefficient (Wildman–Crippen LogP) is 8.67. The molecule has 0 aliphatic carbocycles. The van der Waals surface area contributed by atoms with Gasteiger partial charge in [0, 0.05) is 0 Å². The van der Waals surface area contributed by atoms with Gasteiger partial charge < -0.3 is 9.47 Å². The van der Waals surface area contributed by atoms with Crippen LogP contribution in [-0.4, -0.2) is 8.07 Å². The molecule has 0 aliphatic heterocycles. The Hall–Kier alpha value is -3.30. The minimum absolute atomic E-state index is 0.869. The summed E-state index contributed by atoms with van der Waals surface area (Å²) in [4.78, 5) is 0. The number of benzene rings is 4. The standard InChI is InChI=1S/C18H24OSi.C12H10O/c1-4-20(5-2,6-3)18-15-11-10-14-17(18)19-16-12-8-7-9-13-16;1-3-7-11(8-4-1)13-12-9-5-2-6-10-12/h7-15H,4-6H2,1-3H3;1-10H. The third-order valence-corrected chi connectivity index (χ3v) is 11.8. The average molecular weight is 455 g/mol. The minimum atomic E-state index is -1.42. The Bertz CT molecular complexity index is 1020. The average Bonchev–Trinajstić information content (AvgIpc) is 2.89. The van der Waals surface area contributed by atoms with Crippen molar-refractivity contribution in [2.75, 3.05) is 0 Å². The highest BCUT2D eigenvalue weighted by Crippen LogP contribution is 2.27. The first-order chi connectivity index (χ1) is 16.2. The van der Waals surface area contributed by atoms with Crippen molar-refractivity contribution >= 4 is 13.3 Å². The fraction of sp³-hybridized carbons (Fsp3) is 0.200. The second-order valence-electron chi connectivity index (χ2n) is 7.98. The first kappa shape index (κ1) is 24.3. The summed E-state index contributed by atoms with van der Waals surface area (Å²) in [6, 6.07) is 42.0. The molecule has 4 aromatic rings. The minimum Gasteiger partial charge on any atom is -0.458 e. The van der Waals surface area contributed by atoms with Crippen molar-refractivity contribution in [3.8, 4) is 23.0 Å². The Balaban J connectivity index is 0.000000203. The highest BCUT2D eigenvalue weighted by molar-refractivity contribution is 6.92. The summed E-state index contributed by atoms with van der Waals surface area (Å²) >= 11 is 0. The van der Waals surface area contributed by atoms with Crippen LogP contribution in [0.5, 0.6) is 23.0 Å². The molecule has 0 amide bonds. The molecule has 4 rings (SSSR count). The zero-order chi connectivity index (χ0) is 23.4. The number of hydrogen-bond acceptors (Lipinski definition) is 2. The van der Waals surface area contributed by atoms with Gasteiger partial charge in [-0.2, -0.15) is 0 Å². The topological polar surface area (TPSA) is 18.5 Å². The van der Waals surface area contributed by atoms with Crippen LogP contribution < -0.4 is 14.7 Å². The Labute approximate surface area is 199 Å². The van der Waals surface area contributed by atoms with Crippen LogP contribution in [0.2, 0.25) is 18.1 Å². The van der Waals surface area contributed by atoms with Crippen LogP contribution in [0, 0.1) is 0 Å². The highest BCUT2D eigenvalue weighted by atomic mass is 28.3. The summed E-state index contributed by atoms with van der Waals surface area (Å²) in [6.45, 7) is 7.00. The van der Waals surface area contributed by atoms with Gasteiger partial charge in [0.2, 0.25) is 0 Å². The molecule has 0 N–H and O–H groups in total. The molecule has 0 bridgehead atoms. The zero-order valence-corrected chi connectivity index (χ0v) is 20.9. The summed E-state index contributed by atoms with van der Waals surface area (Å²) < 4.78 is 11.7. The largest absolute Gasteiger partial charge is 0.458 e. The van der Waals surface area contributed by atoms with E-state index in [1.165, 1.54) is 23.3 Å². The number of ether oxygens (including phenoxy) is 2. The van der Waals surface area contributed by atoms with Crippen LogP contribution in [0.4, 0.5) is 0 Å². The molecule has 0 spiro atoms. The lowest BCUT2D eigenvalue weighted by molar-refractivity contribution is 0.482. The molecule has 0 unspecified atom stereocenters. The van der Waals surface area contributed by atoms with E-state index < -0.39 is 8.07 Å². The zero-order valence-electron chi connectivity index (χ0n) is 19.9. The Morgan fingerprint density at radius 1 is 0.455 bits per heavy atom. The molecule has 3 heteroatoms. The van der Waals surface area contributed by atoms with Crippen LogP contribution in [0.1, 0.15) is 20.8 Å². The van der Waals surface area contributed by atoms with Crippen molar-refractivity contribution in [2.45, 2.75) is 38.9 Å². The molecule has 0 fully saturated rings. The van der Waals surface area contributed by atoms with Gasteiger partial charge in [-0.1, -0.05) is 112 Å². The van der Waals surface area contributed by atoms with Crippen LogP contribution in [-0.2, 0) is 0 Å². The quantitative estimate of drug-likeness (QED) is 0.248. The van der Waals surface area contributed by atoms with E-state index in [4.69, 9.17) is 9.47 Å². The smallest absolute Gasteiger partial charge is 0.127 e. The van der Waals surface area contributed by atoms with Gasteiger partial charge in [-0.25, -0.2) is 0 Å². The van der Waals surface area contributed by atoms with Gasteiger partial charge in [-0.3, -0.25) is 0 Å². The van der Waals surface area contributed by atoms with Gasteiger partial charge in [-0.15, -0.1) is 0 Å². The molecule has 2 nitrogen and oxygen atoms in total. The molecule has 0 atom stereocenters. The van der Waals surface area contributed by atoms with E-state index in [9.17, 15) is 0 Å².